The van der Waals surface area contributed by atoms with Crippen molar-refractivity contribution >= 4 is 5.69 Å². The lowest BCUT2D eigenvalue weighted by Gasteiger charge is -2.07. The standard InChI is InChI=1S/C14H20N4O/c1-10-14(16-9-3-8-15)11(2)18(17-10)12-4-6-13(19)7-5-12/h4-7,16,19H,3,8-9,15H2,1-2H3. The van der Waals surface area contributed by atoms with Crippen LogP contribution in [0, 0.1) is 13.8 Å². The molecule has 0 bridgehead atoms. The SMILES string of the molecule is Cc1nn(-c2ccc(O)cc2)c(C)c1NCCCN. The van der Waals surface area contributed by atoms with E-state index in [4.69, 9.17) is 5.73 Å². The summed E-state index contributed by atoms with van der Waals surface area (Å²) in [6, 6.07) is 7.01. The van der Waals surface area contributed by atoms with Gasteiger partial charge in [-0.05, 0) is 51.1 Å². The molecule has 1 aromatic heterocycles. The van der Waals surface area contributed by atoms with Gasteiger partial charge in [-0.25, -0.2) is 4.68 Å². The van der Waals surface area contributed by atoms with Gasteiger partial charge in [0.15, 0.2) is 0 Å². The third kappa shape index (κ3) is 2.88. The first-order valence-corrected chi connectivity index (χ1v) is 6.43. The van der Waals surface area contributed by atoms with Crippen LogP contribution >= 0.6 is 0 Å². The van der Waals surface area contributed by atoms with Gasteiger partial charge in [0.05, 0.1) is 22.8 Å². The zero-order chi connectivity index (χ0) is 13.8. The molecule has 0 amide bonds. The highest BCUT2D eigenvalue weighted by Crippen LogP contribution is 2.23. The van der Waals surface area contributed by atoms with E-state index in [0.717, 1.165) is 35.7 Å². The van der Waals surface area contributed by atoms with Crippen molar-refractivity contribution in [3.8, 4) is 11.4 Å². The lowest BCUT2D eigenvalue weighted by molar-refractivity contribution is 0.475. The molecule has 19 heavy (non-hydrogen) atoms. The molecule has 0 spiro atoms. The molecular formula is C14H20N4O. The predicted molar refractivity (Wildman–Crippen MR) is 76.9 cm³/mol. The fourth-order valence-electron chi connectivity index (χ4n) is 2.06. The van der Waals surface area contributed by atoms with E-state index in [-0.39, 0.29) is 5.75 Å². The van der Waals surface area contributed by atoms with Crippen LogP contribution in [-0.4, -0.2) is 28.0 Å². The van der Waals surface area contributed by atoms with E-state index < -0.39 is 0 Å². The summed E-state index contributed by atoms with van der Waals surface area (Å²) >= 11 is 0. The third-order valence-corrected chi connectivity index (χ3v) is 3.07. The number of rotatable bonds is 5. The number of nitrogens with one attached hydrogen (secondary N) is 1. The van der Waals surface area contributed by atoms with Crippen LogP contribution in [0.5, 0.6) is 5.75 Å². The molecule has 0 saturated carbocycles. The quantitative estimate of drug-likeness (QED) is 0.718. The minimum atomic E-state index is 0.256. The van der Waals surface area contributed by atoms with Crippen molar-refractivity contribution in [1.29, 1.82) is 0 Å². The predicted octanol–water partition coefficient (Wildman–Crippen LogP) is 1.96. The van der Waals surface area contributed by atoms with Crippen LogP contribution in [-0.2, 0) is 0 Å². The second-order valence-electron chi connectivity index (χ2n) is 4.54. The van der Waals surface area contributed by atoms with Gasteiger partial charge in [-0.2, -0.15) is 5.10 Å². The molecule has 0 atom stereocenters. The Morgan fingerprint density at radius 1 is 1.26 bits per heavy atom. The number of nitrogens with zero attached hydrogens (tertiary/aromatic N) is 2. The average Bonchev–Trinajstić information content (AvgIpc) is 2.68. The number of nitrogens with two attached hydrogens (primary N) is 1. The molecule has 5 heteroatoms. The lowest BCUT2D eigenvalue weighted by Crippen LogP contribution is -2.09. The Kier molecular flexibility index (Phi) is 4.06. The molecule has 0 aliphatic heterocycles. The summed E-state index contributed by atoms with van der Waals surface area (Å²) in [6.45, 7) is 5.53. The highest BCUT2D eigenvalue weighted by Gasteiger charge is 2.12. The van der Waals surface area contributed by atoms with Crippen LogP contribution in [0.15, 0.2) is 24.3 Å². The summed E-state index contributed by atoms with van der Waals surface area (Å²) in [6.07, 6.45) is 0.934. The zero-order valence-corrected chi connectivity index (χ0v) is 11.3. The van der Waals surface area contributed by atoms with E-state index in [1.54, 1.807) is 12.1 Å². The Morgan fingerprint density at radius 2 is 1.95 bits per heavy atom. The maximum Gasteiger partial charge on any atom is 0.115 e. The smallest absolute Gasteiger partial charge is 0.115 e. The van der Waals surface area contributed by atoms with E-state index in [0.29, 0.717) is 6.54 Å². The maximum atomic E-state index is 9.32. The second-order valence-corrected chi connectivity index (χ2v) is 4.54. The summed E-state index contributed by atoms with van der Waals surface area (Å²) in [5.41, 5.74) is 9.50. The first kappa shape index (κ1) is 13.4. The Morgan fingerprint density at radius 3 is 2.58 bits per heavy atom. The molecule has 1 aromatic carbocycles. The minimum absolute atomic E-state index is 0.256. The van der Waals surface area contributed by atoms with Crippen LogP contribution in [0.2, 0.25) is 0 Å². The highest BCUT2D eigenvalue weighted by molar-refractivity contribution is 5.55. The van der Waals surface area contributed by atoms with Crippen LogP contribution in [0.4, 0.5) is 5.69 Å². The molecule has 0 fully saturated rings. The Balaban J connectivity index is 2.27. The number of anilines is 1. The summed E-state index contributed by atoms with van der Waals surface area (Å²) in [5.74, 6) is 0.256. The van der Waals surface area contributed by atoms with Crippen molar-refractivity contribution in [2.24, 2.45) is 5.73 Å². The monoisotopic (exact) mass is 260 g/mol. The number of phenolic OH excluding ortho intramolecular Hbond substituents is 1. The molecule has 2 aromatic rings. The van der Waals surface area contributed by atoms with Crippen molar-refractivity contribution in [3.63, 3.8) is 0 Å². The van der Waals surface area contributed by atoms with Gasteiger partial charge >= 0.3 is 0 Å². The van der Waals surface area contributed by atoms with E-state index >= 15 is 0 Å². The number of aromatic nitrogens is 2. The van der Waals surface area contributed by atoms with Crippen molar-refractivity contribution in [1.82, 2.24) is 9.78 Å². The number of aryl methyl sites for hydroxylation is 1. The summed E-state index contributed by atoms with van der Waals surface area (Å²) < 4.78 is 1.87. The van der Waals surface area contributed by atoms with Gasteiger partial charge in [0.25, 0.3) is 0 Å². The Hall–Kier alpha value is -2.01. The fourth-order valence-corrected chi connectivity index (χ4v) is 2.06. The number of hydrogen-bond acceptors (Lipinski definition) is 4. The normalized spacial score (nSPS) is 10.7. The summed E-state index contributed by atoms with van der Waals surface area (Å²) in [5, 5.41) is 17.2. The molecule has 4 N–H and O–H groups in total. The van der Waals surface area contributed by atoms with E-state index in [1.807, 2.05) is 30.7 Å². The lowest BCUT2D eigenvalue weighted by atomic mass is 10.2. The van der Waals surface area contributed by atoms with E-state index in [2.05, 4.69) is 10.4 Å². The maximum absolute atomic E-state index is 9.32. The van der Waals surface area contributed by atoms with Gasteiger partial charge in [-0.3, -0.25) is 0 Å². The molecule has 1 heterocycles. The minimum Gasteiger partial charge on any atom is -0.508 e. The van der Waals surface area contributed by atoms with Crippen molar-refractivity contribution in [3.05, 3.63) is 35.7 Å². The number of hydrogen-bond donors (Lipinski definition) is 3. The number of benzene rings is 1. The third-order valence-electron chi connectivity index (χ3n) is 3.07. The molecule has 0 unspecified atom stereocenters. The van der Waals surface area contributed by atoms with Crippen molar-refractivity contribution in [2.45, 2.75) is 20.3 Å². The van der Waals surface area contributed by atoms with Gasteiger partial charge in [-0.15, -0.1) is 0 Å². The average molecular weight is 260 g/mol. The first-order chi connectivity index (χ1) is 9.13. The Labute approximate surface area is 113 Å². The van der Waals surface area contributed by atoms with Gasteiger partial charge < -0.3 is 16.2 Å². The largest absolute Gasteiger partial charge is 0.508 e. The molecule has 0 aliphatic rings. The van der Waals surface area contributed by atoms with Gasteiger partial charge in [0, 0.05) is 6.54 Å². The van der Waals surface area contributed by atoms with Crippen molar-refractivity contribution in [2.75, 3.05) is 18.4 Å². The van der Waals surface area contributed by atoms with E-state index in [9.17, 15) is 5.11 Å². The van der Waals surface area contributed by atoms with E-state index in [1.165, 1.54) is 0 Å². The summed E-state index contributed by atoms with van der Waals surface area (Å²) in [7, 11) is 0. The van der Waals surface area contributed by atoms with Crippen LogP contribution in [0.25, 0.3) is 5.69 Å². The topological polar surface area (TPSA) is 76.1 Å². The molecule has 102 valence electrons. The zero-order valence-electron chi connectivity index (χ0n) is 11.3. The van der Waals surface area contributed by atoms with Gasteiger partial charge in [0.1, 0.15) is 5.75 Å². The van der Waals surface area contributed by atoms with Gasteiger partial charge in [0.2, 0.25) is 0 Å². The Bertz CT molecular complexity index is 545. The first-order valence-electron chi connectivity index (χ1n) is 6.43. The van der Waals surface area contributed by atoms with Crippen LogP contribution in [0.1, 0.15) is 17.8 Å². The van der Waals surface area contributed by atoms with Crippen LogP contribution < -0.4 is 11.1 Å². The molecule has 2 rings (SSSR count). The fraction of sp³-hybridized carbons (Fsp3) is 0.357. The molecule has 0 radical (unpaired) electrons. The highest BCUT2D eigenvalue weighted by atomic mass is 16.3. The number of aromatic hydroxyl groups is 1. The molecule has 5 nitrogen and oxygen atoms in total. The van der Waals surface area contributed by atoms with Crippen molar-refractivity contribution < 1.29 is 5.11 Å². The summed E-state index contributed by atoms with van der Waals surface area (Å²) in [4.78, 5) is 0. The molecular weight excluding hydrogens is 240 g/mol. The van der Waals surface area contributed by atoms with Crippen LogP contribution in [0.3, 0.4) is 0 Å². The molecule has 0 saturated heterocycles. The number of phenols is 1. The second kappa shape index (κ2) is 5.75. The van der Waals surface area contributed by atoms with Gasteiger partial charge in [-0.1, -0.05) is 0 Å². The molecule has 0 aliphatic carbocycles.